The van der Waals surface area contributed by atoms with Crippen molar-refractivity contribution < 1.29 is 9.59 Å². The first-order valence-electron chi connectivity index (χ1n) is 6.61. The number of H-pyrrole nitrogens is 1. The zero-order valence-electron chi connectivity index (χ0n) is 10.9. The number of ketones is 1. The van der Waals surface area contributed by atoms with Crippen molar-refractivity contribution in [2.24, 2.45) is 5.92 Å². The molecule has 20 heavy (non-hydrogen) atoms. The number of likely N-dealkylation sites (tertiary alicyclic amines) is 1. The summed E-state index contributed by atoms with van der Waals surface area (Å²) >= 11 is 1.46. The lowest BCUT2D eigenvalue weighted by Crippen LogP contribution is -2.42. The molecule has 3 heterocycles. The van der Waals surface area contributed by atoms with E-state index in [1.165, 1.54) is 23.9 Å². The molecule has 3 rings (SSSR count). The highest BCUT2D eigenvalue weighted by Crippen LogP contribution is 2.23. The largest absolute Gasteiger partial charge is 0.341 e. The number of aromatic amines is 1. The molecule has 1 unspecified atom stereocenters. The van der Waals surface area contributed by atoms with Crippen LogP contribution in [0.4, 0.5) is 0 Å². The fraction of sp³-hybridized carbons (Fsp3) is 0.357. The summed E-state index contributed by atoms with van der Waals surface area (Å²) in [5, 5.41) is 1.91. The van der Waals surface area contributed by atoms with E-state index in [1.807, 2.05) is 17.5 Å². The van der Waals surface area contributed by atoms with Crippen LogP contribution in [0.5, 0.6) is 0 Å². The maximum absolute atomic E-state index is 12.4. The van der Waals surface area contributed by atoms with Gasteiger partial charge in [0, 0.05) is 19.0 Å². The summed E-state index contributed by atoms with van der Waals surface area (Å²) in [6.45, 7) is 1.20. The highest BCUT2D eigenvalue weighted by atomic mass is 32.1. The van der Waals surface area contributed by atoms with Gasteiger partial charge in [0.05, 0.1) is 17.4 Å². The molecule has 2 aromatic heterocycles. The summed E-state index contributed by atoms with van der Waals surface area (Å²) in [7, 11) is 0. The fourth-order valence-corrected chi connectivity index (χ4v) is 3.28. The Morgan fingerprint density at radius 2 is 2.35 bits per heavy atom. The number of thiophene rings is 1. The molecule has 1 aliphatic heterocycles. The Morgan fingerprint density at radius 1 is 1.45 bits per heavy atom. The Morgan fingerprint density at radius 3 is 3.05 bits per heavy atom. The quantitative estimate of drug-likeness (QED) is 0.881. The van der Waals surface area contributed by atoms with Crippen LogP contribution in [0.25, 0.3) is 0 Å². The van der Waals surface area contributed by atoms with Crippen LogP contribution in [0.2, 0.25) is 0 Å². The van der Waals surface area contributed by atoms with Crippen molar-refractivity contribution in [3.05, 3.63) is 40.6 Å². The number of amides is 1. The van der Waals surface area contributed by atoms with E-state index in [1.54, 1.807) is 4.90 Å². The predicted octanol–water partition coefficient (Wildman–Crippen LogP) is 2.21. The zero-order valence-corrected chi connectivity index (χ0v) is 11.7. The lowest BCUT2D eigenvalue weighted by molar-refractivity contribution is 0.0634. The highest BCUT2D eigenvalue weighted by molar-refractivity contribution is 7.12. The van der Waals surface area contributed by atoms with Gasteiger partial charge in [0.15, 0.2) is 5.78 Å². The van der Waals surface area contributed by atoms with Crippen LogP contribution >= 0.6 is 11.3 Å². The molecule has 104 valence electrons. The first-order valence-corrected chi connectivity index (χ1v) is 7.49. The normalized spacial score (nSPS) is 19.0. The van der Waals surface area contributed by atoms with Crippen molar-refractivity contribution in [1.82, 2.24) is 14.9 Å². The molecule has 6 heteroatoms. The maximum Gasteiger partial charge on any atom is 0.271 e. The summed E-state index contributed by atoms with van der Waals surface area (Å²) in [4.78, 5) is 33.8. The third kappa shape index (κ3) is 2.51. The van der Waals surface area contributed by atoms with E-state index in [0.29, 0.717) is 18.8 Å². The topological polar surface area (TPSA) is 66.1 Å². The Balaban J connectivity index is 1.71. The Bertz CT molecular complexity index is 540. The summed E-state index contributed by atoms with van der Waals surface area (Å²) in [5.74, 6) is -0.0115. The average Bonchev–Trinajstić information content (AvgIpc) is 3.18. The second-order valence-corrected chi connectivity index (χ2v) is 5.84. The SMILES string of the molecule is O=C(c1cccs1)C1CCCN(C(=O)c2cnc[nH]2)C1. The van der Waals surface area contributed by atoms with Crippen LogP contribution in [0.3, 0.4) is 0 Å². The number of hydrogen-bond acceptors (Lipinski definition) is 4. The number of rotatable bonds is 3. The van der Waals surface area contributed by atoms with E-state index >= 15 is 0 Å². The summed E-state index contributed by atoms with van der Waals surface area (Å²) in [6, 6.07) is 3.73. The number of carbonyl (C=O) groups excluding carboxylic acids is 2. The Labute approximate surface area is 120 Å². The van der Waals surface area contributed by atoms with Gasteiger partial charge in [0.1, 0.15) is 5.69 Å². The Kier molecular flexibility index (Phi) is 3.64. The van der Waals surface area contributed by atoms with Gasteiger partial charge in [-0.15, -0.1) is 11.3 Å². The zero-order chi connectivity index (χ0) is 13.9. The van der Waals surface area contributed by atoms with E-state index in [9.17, 15) is 9.59 Å². The molecule has 0 aliphatic carbocycles. The first kappa shape index (κ1) is 13.1. The molecule has 1 N–H and O–H groups in total. The average molecular weight is 289 g/mol. The number of piperidine rings is 1. The van der Waals surface area contributed by atoms with Gasteiger partial charge in [-0.25, -0.2) is 4.98 Å². The van der Waals surface area contributed by atoms with Gasteiger partial charge in [0.2, 0.25) is 0 Å². The standard InChI is InChI=1S/C14H15N3O2S/c18-13(12-4-2-6-20-12)10-3-1-5-17(8-10)14(19)11-7-15-9-16-11/h2,4,6-7,9-10H,1,3,5,8H2,(H,15,16). The molecule has 1 amide bonds. The smallest absolute Gasteiger partial charge is 0.271 e. The van der Waals surface area contributed by atoms with Gasteiger partial charge < -0.3 is 9.88 Å². The van der Waals surface area contributed by atoms with E-state index in [4.69, 9.17) is 0 Å². The molecule has 0 radical (unpaired) electrons. The molecule has 2 aromatic rings. The van der Waals surface area contributed by atoms with Gasteiger partial charge in [-0.2, -0.15) is 0 Å². The summed E-state index contributed by atoms with van der Waals surface area (Å²) in [6.07, 6.45) is 4.73. The van der Waals surface area contributed by atoms with E-state index < -0.39 is 0 Å². The number of carbonyl (C=O) groups is 2. The predicted molar refractivity (Wildman–Crippen MR) is 75.9 cm³/mol. The van der Waals surface area contributed by atoms with Crippen LogP contribution in [-0.4, -0.2) is 39.6 Å². The second kappa shape index (κ2) is 5.58. The Hall–Kier alpha value is -1.95. The minimum absolute atomic E-state index is 0.0776. The monoisotopic (exact) mass is 289 g/mol. The van der Waals surface area contributed by atoms with Gasteiger partial charge in [-0.05, 0) is 24.3 Å². The summed E-state index contributed by atoms with van der Waals surface area (Å²) in [5.41, 5.74) is 0.481. The number of hydrogen-bond donors (Lipinski definition) is 1. The van der Waals surface area contributed by atoms with Gasteiger partial charge in [0.25, 0.3) is 5.91 Å². The van der Waals surface area contributed by atoms with E-state index in [2.05, 4.69) is 9.97 Å². The van der Waals surface area contributed by atoms with Crippen molar-refractivity contribution in [2.45, 2.75) is 12.8 Å². The molecular weight excluding hydrogens is 274 g/mol. The third-order valence-electron chi connectivity index (χ3n) is 3.57. The van der Waals surface area contributed by atoms with Crippen LogP contribution < -0.4 is 0 Å². The fourth-order valence-electron chi connectivity index (χ4n) is 2.54. The van der Waals surface area contributed by atoms with Crippen molar-refractivity contribution in [2.75, 3.05) is 13.1 Å². The van der Waals surface area contributed by atoms with E-state index in [0.717, 1.165) is 17.7 Å². The van der Waals surface area contributed by atoms with Crippen LogP contribution in [0.15, 0.2) is 30.0 Å². The maximum atomic E-state index is 12.4. The lowest BCUT2D eigenvalue weighted by atomic mass is 9.93. The van der Waals surface area contributed by atoms with Gasteiger partial charge >= 0.3 is 0 Å². The highest BCUT2D eigenvalue weighted by Gasteiger charge is 2.30. The molecule has 1 fully saturated rings. The molecule has 1 saturated heterocycles. The molecule has 1 atom stereocenters. The molecule has 5 nitrogen and oxygen atoms in total. The summed E-state index contributed by atoms with van der Waals surface area (Å²) < 4.78 is 0. The van der Waals surface area contributed by atoms with Crippen molar-refractivity contribution >= 4 is 23.0 Å². The minimum atomic E-state index is -0.0886. The lowest BCUT2D eigenvalue weighted by Gasteiger charge is -2.31. The molecule has 0 saturated carbocycles. The molecule has 0 aromatic carbocycles. The van der Waals surface area contributed by atoms with Crippen LogP contribution in [-0.2, 0) is 0 Å². The van der Waals surface area contributed by atoms with Crippen LogP contribution in [0.1, 0.15) is 33.0 Å². The molecule has 0 bridgehead atoms. The number of imidazole rings is 1. The third-order valence-corrected chi connectivity index (χ3v) is 4.46. The van der Waals surface area contributed by atoms with Crippen molar-refractivity contribution in [3.8, 4) is 0 Å². The van der Waals surface area contributed by atoms with Gasteiger partial charge in [-0.3, -0.25) is 9.59 Å². The number of nitrogens with zero attached hydrogens (tertiary/aromatic N) is 2. The van der Waals surface area contributed by atoms with Crippen molar-refractivity contribution in [1.29, 1.82) is 0 Å². The molecule has 1 aliphatic rings. The number of nitrogens with one attached hydrogen (secondary N) is 1. The van der Waals surface area contributed by atoms with E-state index in [-0.39, 0.29) is 17.6 Å². The first-order chi connectivity index (χ1) is 9.75. The van der Waals surface area contributed by atoms with Gasteiger partial charge in [-0.1, -0.05) is 6.07 Å². The molecular formula is C14H15N3O2S. The van der Waals surface area contributed by atoms with Crippen molar-refractivity contribution in [3.63, 3.8) is 0 Å². The number of Topliss-reactive ketones (excluding diaryl/α,β-unsaturated/α-hetero) is 1. The minimum Gasteiger partial charge on any atom is -0.341 e. The second-order valence-electron chi connectivity index (χ2n) is 4.90. The molecule has 0 spiro atoms. The van der Waals surface area contributed by atoms with Crippen LogP contribution in [0, 0.1) is 5.92 Å². The number of aromatic nitrogens is 2.